The van der Waals surface area contributed by atoms with Crippen LogP contribution in [0.4, 0.5) is 4.79 Å². The molecule has 0 radical (unpaired) electrons. The molecule has 0 bridgehead atoms. The van der Waals surface area contributed by atoms with Gasteiger partial charge in [-0.3, -0.25) is 8.98 Å². The van der Waals surface area contributed by atoms with E-state index < -0.39 is 16.2 Å². The van der Waals surface area contributed by atoms with E-state index in [1.165, 1.54) is 0 Å². The van der Waals surface area contributed by atoms with Gasteiger partial charge in [0.2, 0.25) is 0 Å². The van der Waals surface area contributed by atoms with E-state index >= 15 is 0 Å². The summed E-state index contributed by atoms with van der Waals surface area (Å²) < 4.78 is 36.4. The zero-order chi connectivity index (χ0) is 21.4. The molecule has 9 heteroatoms. The van der Waals surface area contributed by atoms with Gasteiger partial charge in [0.05, 0.1) is 19.5 Å². The maximum atomic E-state index is 11.8. The van der Waals surface area contributed by atoms with E-state index in [0.717, 1.165) is 31.1 Å². The third-order valence-corrected chi connectivity index (χ3v) is 4.48. The standard InChI is InChI=1S/C20H31NO7S/c1-29(24,25)28-16-15-26-14-8-12-19(22)11-6-3-7-13-21-20(23)27-17-18-9-4-2-5-10-18/h2,4-5,9-10H,3,6-8,11-17H2,1H3,(H,21,23). The van der Waals surface area contributed by atoms with E-state index in [-0.39, 0.29) is 25.6 Å². The van der Waals surface area contributed by atoms with Crippen molar-refractivity contribution in [2.45, 2.75) is 45.1 Å². The number of ether oxygens (including phenoxy) is 2. The van der Waals surface area contributed by atoms with Crippen molar-refractivity contribution in [3.63, 3.8) is 0 Å². The van der Waals surface area contributed by atoms with Crippen molar-refractivity contribution in [3.05, 3.63) is 35.9 Å². The van der Waals surface area contributed by atoms with E-state index in [1.54, 1.807) is 0 Å². The molecule has 0 heterocycles. The van der Waals surface area contributed by atoms with Crippen LogP contribution in [0.25, 0.3) is 0 Å². The van der Waals surface area contributed by atoms with Crippen LogP contribution in [0.5, 0.6) is 0 Å². The van der Waals surface area contributed by atoms with Gasteiger partial charge in [0.15, 0.2) is 0 Å². The molecule has 164 valence electrons. The Morgan fingerprint density at radius 1 is 0.931 bits per heavy atom. The van der Waals surface area contributed by atoms with Crippen LogP contribution < -0.4 is 5.32 Å². The molecular formula is C20H31NO7S. The van der Waals surface area contributed by atoms with E-state index in [4.69, 9.17) is 9.47 Å². The summed E-state index contributed by atoms with van der Waals surface area (Å²) in [6.45, 7) is 1.33. The summed E-state index contributed by atoms with van der Waals surface area (Å²) in [6.07, 6.45) is 4.52. The molecule has 8 nitrogen and oxygen atoms in total. The van der Waals surface area contributed by atoms with Crippen molar-refractivity contribution < 1.29 is 31.7 Å². The number of carbonyl (C=O) groups excluding carboxylic acids is 2. The predicted octanol–water partition coefficient (Wildman–Crippen LogP) is 2.82. The Balaban J connectivity index is 1.89. The molecule has 1 aromatic rings. The molecule has 0 aliphatic heterocycles. The van der Waals surface area contributed by atoms with Crippen molar-refractivity contribution in [2.24, 2.45) is 0 Å². The van der Waals surface area contributed by atoms with Crippen molar-refractivity contribution in [2.75, 3.05) is 32.6 Å². The van der Waals surface area contributed by atoms with E-state index in [2.05, 4.69) is 9.50 Å². The lowest BCUT2D eigenvalue weighted by atomic mass is 10.1. The fraction of sp³-hybridized carbons (Fsp3) is 0.600. The number of alkyl carbamates (subject to hydrolysis) is 1. The minimum atomic E-state index is -3.43. The second kappa shape index (κ2) is 14.9. The van der Waals surface area contributed by atoms with Crippen molar-refractivity contribution >= 4 is 22.0 Å². The average Bonchev–Trinajstić information content (AvgIpc) is 2.68. The second-order valence-corrected chi connectivity index (χ2v) is 8.22. The first-order valence-corrected chi connectivity index (χ1v) is 11.6. The van der Waals surface area contributed by atoms with Crippen molar-refractivity contribution in [1.29, 1.82) is 0 Å². The Hall–Kier alpha value is -1.97. The van der Waals surface area contributed by atoms with Gasteiger partial charge in [-0.05, 0) is 24.8 Å². The highest BCUT2D eigenvalue weighted by molar-refractivity contribution is 7.85. The first-order valence-electron chi connectivity index (χ1n) is 9.75. The fourth-order valence-corrected chi connectivity index (χ4v) is 2.80. The molecular weight excluding hydrogens is 398 g/mol. The maximum Gasteiger partial charge on any atom is 0.407 e. The first kappa shape index (κ1) is 25.1. The Morgan fingerprint density at radius 3 is 2.38 bits per heavy atom. The Labute approximate surface area is 173 Å². The van der Waals surface area contributed by atoms with Crippen LogP contribution in [0.2, 0.25) is 0 Å². The lowest BCUT2D eigenvalue weighted by molar-refractivity contribution is -0.119. The minimum absolute atomic E-state index is 0.0133. The number of ketones is 1. The van der Waals surface area contributed by atoms with Gasteiger partial charge in [-0.15, -0.1) is 0 Å². The smallest absolute Gasteiger partial charge is 0.407 e. The lowest BCUT2D eigenvalue weighted by Gasteiger charge is -2.07. The Bertz CT molecular complexity index is 692. The molecule has 1 aromatic carbocycles. The molecule has 1 N–H and O–H groups in total. The molecule has 0 aliphatic carbocycles. The highest BCUT2D eigenvalue weighted by atomic mass is 32.2. The number of hydrogen-bond acceptors (Lipinski definition) is 7. The van der Waals surface area contributed by atoms with Gasteiger partial charge in [-0.2, -0.15) is 8.42 Å². The van der Waals surface area contributed by atoms with Crippen LogP contribution in [0.15, 0.2) is 30.3 Å². The second-order valence-electron chi connectivity index (χ2n) is 6.58. The third kappa shape index (κ3) is 15.6. The summed E-state index contributed by atoms with van der Waals surface area (Å²) in [5.74, 6) is 0.177. The number of amides is 1. The largest absolute Gasteiger partial charge is 0.445 e. The van der Waals surface area contributed by atoms with Gasteiger partial charge in [0.25, 0.3) is 10.1 Å². The van der Waals surface area contributed by atoms with Crippen LogP contribution in [-0.4, -0.2) is 52.9 Å². The molecule has 1 amide bonds. The lowest BCUT2D eigenvalue weighted by Crippen LogP contribution is -2.25. The van der Waals surface area contributed by atoms with Gasteiger partial charge in [0.1, 0.15) is 12.4 Å². The predicted molar refractivity (Wildman–Crippen MR) is 109 cm³/mol. The highest BCUT2D eigenvalue weighted by Crippen LogP contribution is 2.05. The Kier molecular flexibility index (Phi) is 12.9. The highest BCUT2D eigenvalue weighted by Gasteiger charge is 2.04. The van der Waals surface area contributed by atoms with Crippen LogP contribution in [0.1, 0.15) is 44.1 Å². The zero-order valence-electron chi connectivity index (χ0n) is 16.9. The molecule has 0 fully saturated rings. The van der Waals surface area contributed by atoms with E-state index in [9.17, 15) is 18.0 Å². The summed E-state index contributed by atoms with van der Waals surface area (Å²) in [5.41, 5.74) is 0.939. The van der Waals surface area contributed by atoms with Gasteiger partial charge < -0.3 is 14.8 Å². The van der Waals surface area contributed by atoms with Crippen LogP contribution in [-0.2, 0) is 35.2 Å². The molecule has 0 saturated heterocycles. The number of rotatable bonds is 16. The molecule has 0 atom stereocenters. The number of Topliss-reactive ketones (excluding diaryl/α,β-unsaturated/α-hetero) is 1. The quantitative estimate of drug-likeness (QED) is 0.318. The van der Waals surface area contributed by atoms with Gasteiger partial charge in [-0.25, -0.2) is 4.79 Å². The van der Waals surface area contributed by atoms with Gasteiger partial charge in [-0.1, -0.05) is 36.8 Å². The van der Waals surface area contributed by atoms with Gasteiger partial charge in [0, 0.05) is 26.0 Å². The number of hydrogen-bond donors (Lipinski definition) is 1. The number of nitrogens with one attached hydrogen (secondary N) is 1. The maximum absolute atomic E-state index is 11.8. The number of benzene rings is 1. The molecule has 0 saturated carbocycles. The number of unbranched alkanes of at least 4 members (excludes halogenated alkanes) is 2. The number of carbonyl (C=O) groups is 2. The van der Waals surface area contributed by atoms with Crippen molar-refractivity contribution in [3.8, 4) is 0 Å². The molecule has 0 aliphatic rings. The summed E-state index contributed by atoms with van der Waals surface area (Å²) in [7, 11) is -3.43. The normalized spacial score (nSPS) is 11.2. The van der Waals surface area contributed by atoms with Crippen molar-refractivity contribution in [1.82, 2.24) is 5.32 Å². The summed E-state index contributed by atoms with van der Waals surface area (Å²) >= 11 is 0. The third-order valence-electron chi connectivity index (χ3n) is 3.88. The SMILES string of the molecule is CS(=O)(=O)OCCOCCCC(=O)CCCCCNC(=O)OCc1ccccc1. The molecule has 0 unspecified atom stereocenters. The molecule has 0 aromatic heterocycles. The van der Waals surface area contributed by atoms with E-state index in [0.29, 0.717) is 32.4 Å². The summed E-state index contributed by atoms with van der Waals surface area (Å²) in [4.78, 5) is 23.4. The molecule has 0 spiro atoms. The first-order chi connectivity index (χ1) is 13.9. The Morgan fingerprint density at radius 2 is 1.66 bits per heavy atom. The van der Waals surface area contributed by atoms with Crippen LogP contribution in [0.3, 0.4) is 0 Å². The van der Waals surface area contributed by atoms with Gasteiger partial charge >= 0.3 is 6.09 Å². The topological polar surface area (TPSA) is 108 Å². The molecule has 29 heavy (non-hydrogen) atoms. The minimum Gasteiger partial charge on any atom is -0.445 e. The summed E-state index contributed by atoms with van der Waals surface area (Å²) in [6, 6.07) is 9.47. The van der Waals surface area contributed by atoms with E-state index in [1.807, 2.05) is 30.3 Å². The van der Waals surface area contributed by atoms with Crippen LogP contribution in [0, 0.1) is 0 Å². The monoisotopic (exact) mass is 429 g/mol. The van der Waals surface area contributed by atoms with Crippen LogP contribution >= 0.6 is 0 Å². The average molecular weight is 430 g/mol. The zero-order valence-corrected chi connectivity index (χ0v) is 17.7. The fourth-order valence-electron chi connectivity index (χ4n) is 2.43. The summed E-state index contributed by atoms with van der Waals surface area (Å²) in [5, 5.41) is 2.70. The molecule has 1 rings (SSSR count).